The van der Waals surface area contributed by atoms with Gasteiger partial charge in [0.2, 0.25) is 0 Å². The Morgan fingerprint density at radius 1 is 1.08 bits per heavy atom. The number of ether oxygens (including phenoxy) is 2. The Labute approximate surface area is 151 Å². The number of fused-ring (bicyclic) bond motifs is 1. The standard InChI is InChI=1S/C21H31NO3/c1-24-19-10-16-13-22(12-15-6-7-15)14-18(17(16)11-20(19)25-2)21(23)8-4-3-5-9-21/h10-11,15,18,23H,3-9,12-14H2,1-2H3. The zero-order valence-corrected chi connectivity index (χ0v) is 15.6. The molecule has 1 aromatic carbocycles. The van der Waals surface area contributed by atoms with Crippen molar-refractivity contribution in [3.05, 3.63) is 23.3 Å². The molecule has 4 rings (SSSR count). The first-order valence-electron chi connectivity index (χ1n) is 9.82. The van der Waals surface area contributed by atoms with Crippen LogP contribution in [0.5, 0.6) is 11.5 Å². The van der Waals surface area contributed by atoms with E-state index in [9.17, 15) is 5.11 Å². The topological polar surface area (TPSA) is 41.9 Å². The zero-order chi connectivity index (χ0) is 17.4. The lowest BCUT2D eigenvalue weighted by Gasteiger charge is -2.45. The van der Waals surface area contributed by atoms with Gasteiger partial charge in [0.1, 0.15) is 0 Å². The Bertz CT molecular complexity index is 620. The van der Waals surface area contributed by atoms with Crippen LogP contribution in [0.2, 0.25) is 0 Å². The smallest absolute Gasteiger partial charge is 0.161 e. The lowest BCUT2D eigenvalue weighted by Crippen LogP contribution is -2.47. The maximum atomic E-state index is 11.5. The van der Waals surface area contributed by atoms with E-state index in [-0.39, 0.29) is 5.92 Å². The van der Waals surface area contributed by atoms with Crippen LogP contribution in [0.15, 0.2) is 12.1 Å². The molecule has 0 aromatic heterocycles. The number of aliphatic hydroxyl groups is 1. The minimum Gasteiger partial charge on any atom is -0.493 e. The molecule has 25 heavy (non-hydrogen) atoms. The van der Waals surface area contributed by atoms with E-state index in [1.54, 1.807) is 14.2 Å². The number of rotatable bonds is 5. The number of hydrogen-bond acceptors (Lipinski definition) is 4. The number of methoxy groups -OCH3 is 2. The SMILES string of the molecule is COc1cc2c(cc1OC)C(C1(O)CCCCC1)CN(CC1CC1)C2. The second kappa shape index (κ2) is 6.81. The Morgan fingerprint density at radius 2 is 1.76 bits per heavy atom. The Kier molecular flexibility index (Phi) is 4.67. The Hall–Kier alpha value is -1.26. The van der Waals surface area contributed by atoms with Gasteiger partial charge in [-0.2, -0.15) is 0 Å². The van der Waals surface area contributed by atoms with Crippen LogP contribution in [-0.2, 0) is 6.54 Å². The fraction of sp³-hybridized carbons (Fsp3) is 0.714. The van der Waals surface area contributed by atoms with E-state index < -0.39 is 5.60 Å². The first-order chi connectivity index (χ1) is 12.1. The molecule has 1 aromatic rings. The third kappa shape index (κ3) is 3.39. The van der Waals surface area contributed by atoms with Gasteiger partial charge in [0, 0.05) is 25.6 Å². The summed E-state index contributed by atoms with van der Waals surface area (Å²) in [4.78, 5) is 2.56. The Balaban J connectivity index is 1.71. The molecule has 2 saturated carbocycles. The molecule has 2 fully saturated rings. The van der Waals surface area contributed by atoms with E-state index in [2.05, 4.69) is 17.0 Å². The number of benzene rings is 1. The molecule has 0 radical (unpaired) electrons. The van der Waals surface area contributed by atoms with Gasteiger partial charge in [-0.15, -0.1) is 0 Å². The highest BCUT2D eigenvalue weighted by Crippen LogP contribution is 2.47. The van der Waals surface area contributed by atoms with Gasteiger partial charge in [0.15, 0.2) is 11.5 Å². The molecule has 0 spiro atoms. The molecule has 1 atom stereocenters. The first kappa shape index (κ1) is 17.2. The van der Waals surface area contributed by atoms with Crippen molar-refractivity contribution in [2.75, 3.05) is 27.3 Å². The van der Waals surface area contributed by atoms with Crippen molar-refractivity contribution >= 4 is 0 Å². The molecule has 0 amide bonds. The molecule has 1 unspecified atom stereocenters. The van der Waals surface area contributed by atoms with Gasteiger partial charge in [-0.3, -0.25) is 4.90 Å². The fourth-order valence-corrected chi connectivity index (χ4v) is 4.84. The van der Waals surface area contributed by atoms with Crippen molar-refractivity contribution in [3.8, 4) is 11.5 Å². The predicted octanol–water partition coefficient (Wildman–Crippen LogP) is 3.71. The summed E-state index contributed by atoms with van der Waals surface area (Å²) in [5.41, 5.74) is 2.00. The van der Waals surface area contributed by atoms with E-state index in [4.69, 9.17) is 9.47 Å². The van der Waals surface area contributed by atoms with Crippen LogP contribution in [-0.4, -0.2) is 42.9 Å². The lowest BCUT2D eigenvalue weighted by atomic mass is 9.70. The van der Waals surface area contributed by atoms with Crippen LogP contribution in [0.25, 0.3) is 0 Å². The molecule has 1 N–H and O–H groups in total. The summed E-state index contributed by atoms with van der Waals surface area (Å²) in [5.74, 6) is 2.61. The van der Waals surface area contributed by atoms with Crippen LogP contribution in [0.4, 0.5) is 0 Å². The largest absolute Gasteiger partial charge is 0.493 e. The van der Waals surface area contributed by atoms with E-state index >= 15 is 0 Å². The summed E-state index contributed by atoms with van der Waals surface area (Å²) in [6.45, 7) is 3.09. The van der Waals surface area contributed by atoms with Crippen molar-refractivity contribution in [1.29, 1.82) is 0 Å². The van der Waals surface area contributed by atoms with E-state index in [1.165, 1.54) is 36.9 Å². The van der Waals surface area contributed by atoms with Gasteiger partial charge in [0.05, 0.1) is 19.8 Å². The van der Waals surface area contributed by atoms with Crippen molar-refractivity contribution in [1.82, 2.24) is 4.90 Å². The second-order valence-corrected chi connectivity index (χ2v) is 8.26. The van der Waals surface area contributed by atoms with E-state index in [1.807, 2.05) is 0 Å². The van der Waals surface area contributed by atoms with E-state index in [0.29, 0.717) is 0 Å². The van der Waals surface area contributed by atoms with Crippen molar-refractivity contribution in [2.45, 2.75) is 63.0 Å². The summed E-state index contributed by atoms with van der Waals surface area (Å²) in [6, 6.07) is 4.26. The maximum absolute atomic E-state index is 11.5. The van der Waals surface area contributed by atoms with Gasteiger partial charge in [-0.05, 0) is 54.9 Å². The molecule has 4 nitrogen and oxygen atoms in total. The normalized spacial score (nSPS) is 26.1. The van der Waals surface area contributed by atoms with Gasteiger partial charge < -0.3 is 14.6 Å². The highest BCUT2D eigenvalue weighted by Gasteiger charge is 2.43. The highest BCUT2D eigenvalue weighted by molar-refractivity contribution is 5.50. The molecule has 1 aliphatic heterocycles. The van der Waals surface area contributed by atoms with Gasteiger partial charge in [-0.1, -0.05) is 19.3 Å². The predicted molar refractivity (Wildman–Crippen MR) is 98.3 cm³/mol. The van der Waals surface area contributed by atoms with E-state index in [0.717, 1.165) is 56.2 Å². The molecular weight excluding hydrogens is 314 g/mol. The summed E-state index contributed by atoms with van der Waals surface area (Å²) in [5, 5.41) is 11.5. The number of hydrogen-bond donors (Lipinski definition) is 1. The third-order valence-corrected chi connectivity index (χ3v) is 6.44. The fourth-order valence-electron chi connectivity index (χ4n) is 4.84. The van der Waals surface area contributed by atoms with Crippen LogP contribution >= 0.6 is 0 Å². The van der Waals surface area contributed by atoms with Crippen LogP contribution in [0, 0.1) is 5.92 Å². The molecule has 0 bridgehead atoms. The number of nitrogens with zero attached hydrogens (tertiary/aromatic N) is 1. The minimum atomic E-state index is -0.575. The highest BCUT2D eigenvalue weighted by atomic mass is 16.5. The average Bonchev–Trinajstić information content (AvgIpc) is 3.44. The van der Waals surface area contributed by atoms with Crippen molar-refractivity contribution in [3.63, 3.8) is 0 Å². The van der Waals surface area contributed by atoms with Crippen LogP contribution in [0.1, 0.15) is 62.0 Å². The van der Waals surface area contributed by atoms with Crippen molar-refractivity contribution < 1.29 is 14.6 Å². The average molecular weight is 345 g/mol. The van der Waals surface area contributed by atoms with Crippen LogP contribution in [0.3, 0.4) is 0 Å². The zero-order valence-electron chi connectivity index (χ0n) is 15.6. The van der Waals surface area contributed by atoms with Crippen LogP contribution < -0.4 is 9.47 Å². The quantitative estimate of drug-likeness (QED) is 0.883. The summed E-state index contributed by atoms with van der Waals surface area (Å²) in [6.07, 6.45) is 8.09. The summed E-state index contributed by atoms with van der Waals surface area (Å²) in [7, 11) is 3.39. The molecular formula is C21H31NO3. The molecule has 3 aliphatic rings. The maximum Gasteiger partial charge on any atom is 0.161 e. The molecule has 1 heterocycles. The molecule has 0 saturated heterocycles. The van der Waals surface area contributed by atoms with Gasteiger partial charge in [0.25, 0.3) is 0 Å². The van der Waals surface area contributed by atoms with Gasteiger partial charge >= 0.3 is 0 Å². The third-order valence-electron chi connectivity index (χ3n) is 6.44. The monoisotopic (exact) mass is 345 g/mol. The lowest BCUT2D eigenvalue weighted by molar-refractivity contribution is -0.0361. The first-order valence-corrected chi connectivity index (χ1v) is 9.82. The van der Waals surface area contributed by atoms with Gasteiger partial charge in [-0.25, -0.2) is 0 Å². The Morgan fingerprint density at radius 3 is 2.40 bits per heavy atom. The molecule has 138 valence electrons. The molecule has 4 heteroatoms. The second-order valence-electron chi connectivity index (χ2n) is 8.26. The minimum absolute atomic E-state index is 0.176. The summed E-state index contributed by atoms with van der Waals surface area (Å²) < 4.78 is 11.1. The van der Waals surface area contributed by atoms with Crippen molar-refractivity contribution in [2.24, 2.45) is 5.92 Å². The summed E-state index contributed by atoms with van der Waals surface area (Å²) >= 11 is 0. The molecule has 2 aliphatic carbocycles.